The van der Waals surface area contributed by atoms with E-state index < -0.39 is 78.1 Å². The van der Waals surface area contributed by atoms with Gasteiger partial charge in [0.1, 0.15) is 0 Å². The van der Waals surface area contributed by atoms with Gasteiger partial charge in [-0.3, -0.25) is 57.5 Å². The van der Waals surface area contributed by atoms with Crippen LogP contribution in [0.1, 0.15) is 182 Å². The van der Waals surface area contributed by atoms with E-state index in [2.05, 4.69) is 0 Å². The number of carbonyl (C=O) groups is 12. The minimum absolute atomic E-state index is 0.00625. The van der Waals surface area contributed by atoms with E-state index in [1.54, 1.807) is 13.8 Å². The molecule has 1 aliphatic rings. The molecular weight excluding hydrogens is 1350 g/mol. The van der Waals surface area contributed by atoms with Crippen molar-refractivity contribution in [3.05, 3.63) is 71.8 Å². The second kappa shape index (κ2) is 65.3. The molecule has 0 bridgehead atoms. The molecule has 32 nitrogen and oxygen atoms in total. The Bertz CT molecular complexity index is 2690. The number of carbonyl (C=O) groups excluding carboxylic acids is 9. The van der Waals surface area contributed by atoms with Crippen LogP contribution < -0.4 is 91.7 Å². The molecule has 0 aromatic heterocycles. The molecule has 1 heterocycles. The van der Waals surface area contributed by atoms with E-state index in [0.29, 0.717) is 44.6 Å². The van der Waals surface area contributed by atoms with Crippen LogP contribution in [0.5, 0.6) is 0 Å². The first-order valence-corrected chi connectivity index (χ1v) is 36.3. The number of rotatable bonds is 43. The van der Waals surface area contributed by atoms with Crippen LogP contribution in [0.3, 0.4) is 0 Å². The predicted octanol–water partition coefficient (Wildman–Crippen LogP) is -0.521. The van der Waals surface area contributed by atoms with Gasteiger partial charge in [-0.1, -0.05) is 122 Å². The Morgan fingerprint density at radius 3 is 1.06 bits per heavy atom. The molecule has 32 heteroatoms. The lowest BCUT2D eigenvalue weighted by Crippen LogP contribution is -2.42. The monoisotopic (exact) mass is 1490 g/mol. The van der Waals surface area contributed by atoms with E-state index in [9.17, 15) is 57.5 Å². The van der Waals surface area contributed by atoms with Crippen LogP contribution >= 0.6 is 0 Å². The number of aliphatic carboxylic acids is 3. The summed E-state index contributed by atoms with van der Waals surface area (Å²) >= 11 is 0. The van der Waals surface area contributed by atoms with Crippen LogP contribution in [0.4, 0.5) is 0 Å². The minimum atomic E-state index is -0.989. The van der Waals surface area contributed by atoms with Gasteiger partial charge in [0.15, 0.2) is 46.3 Å². The summed E-state index contributed by atoms with van der Waals surface area (Å²) < 4.78 is 0. The first-order valence-electron chi connectivity index (χ1n) is 36.3. The first kappa shape index (κ1) is 107. The maximum Gasteiger partial charge on any atom is 0.307 e. The highest BCUT2D eigenvalue weighted by atomic mass is 16.4. The van der Waals surface area contributed by atoms with Gasteiger partial charge >= 0.3 is 17.9 Å². The van der Waals surface area contributed by atoms with Crippen molar-refractivity contribution in [2.45, 2.75) is 231 Å². The van der Waals surface area contributed by atoms with Gasteiger partial charge in [0.2, 0.25) is 5.91 Å². The Kier molecular flexibility index (Phi) is 66.4. The molecule has 1 amide bonds. The third kappa shape index (κ3) is 53.5. The molecule has 35 N–H and O–H groups in total. The number of ketones is 8. The first-order chi connectivity index (χ1) is 49.3. The van der Waals surface area contributed by atoms with E-state index in [1.807, 2.05) is 107 Å². The van der Waals surface area contributed by atoms with Gasteiger partial charge in [0.25, 0.3) is 0 Å². The van der Waals surface area contributed by atoms with E-state index in [4.69, 9.17) is 107 Å². The summed E-state index contributed by atoms with van der Waals surface area (Å²) in [7, 11) is 0. The maximum atomic E-state index is 12.1. The highest BCUT2D eigenvalue weighted by Gasteiger charge is 2.31. The van der Waals surface area contributed by atoms with Gasteiger partial charge in [0, 0.05) is 129 Å². The number of carboxylic acid groups (broad SMARTS) is 3. The molecule has 1 saturated heterocycles. The lowest BCUT2D eigenvalue weighted by molar-refractivity contribution is -0.144. The highest BCUT2D eigenvalue weighted by Crippen LogP contribution is 2.22. The fourth-order valence-electron chi connectivity index (χ4n) is 9.35. The quantitative estimate of drug-likeness (QED) is 0.0397. The fraction of sp³-hybridized carbons (Fsp3) is 0.671. The number of nitrogens with two attached hydrogens (primary N) is 16. The molecule has 105 heavy (non-hydrogen) atoms. The molecule has 1 aliphatic heterocycles. The van der Waals surface area contributed by atoms with E-state index in [0.717, 1.165) is 62.6 Å². The largest absolute Gasteiger partial charge is 0.481 e. The summed E-state index contributed by atoms with van der Waals surface area (Å²) in [5.74, 6) is -5.01. The van der Waals surface area contributed by atoms with Crippen molar-refractivity contribution in [3.63, 3.8) is 0 Å². The number of Topliss-reactive ketones (excluding diaryl/α,β-unsaturated/α-hetero) is 8. The number of amides is 1. The average molecular weight is 1490 g/mol. The number of likely N-dealkylation sites (tertiary alicyclic amines) is 1. The second-order valence-electron chi connectivity index (χ2n) is 26.1. The van der Waals surface area contributed by atoms with Crippen molar-refractivity contribution in [1.29, 1.82) is 0 Å². The van der Waals surface area contributed by atoms with Crippen molar-refractivity contribution in [3.8, 4) is 0 Å². The summed E-state index contributed by atoms with van der Waals surface area (Å²) in [6.07, 6.45) is 9.63. The minimum Gasteiger partial charge on any atom is -0.481 e. The molecular formula is C73H137N17O15. The number of carboxylic acids is 3. The Morgan fingerprint density at radius 2 is 0.743 bits per heavy atom. The zero-order valence-electron chi connectivity index (χ0n) is 63.9. The van der Waals surface area contributed by atoms with Crippen LogP contribution in [-0.4, -0.2) is 204 Å². The van der Waals surface area contributed by atoms with Crippen molar-refractivity contribution < 1.29 is 72.9 Å². The van der Waals surface area contributed by atoms with Crippen LogP contribution in [-0.2, 0) is 64.0 Å². The molecule has 2 aromatic rings. The Hall–Kier alpha value is -6.96. The summed E-state index contributed by atoms with van der Waals surface area (Å²) in [6.45, 7) is 17.5. The Balaban J connectivity index is -0.000000368. The van der Waals surface area contributed by atoms with E-state index in [1.165, 1.54) is 0 Å². The molecule has 604 valence electrons. The molecule has 0 radical (unpaired) electrons. The molecule has 1 unspecified atom stereocenters. The summed E-state index contributed by atoms with van der Waals surface area (Å²) in [5.41, 5.74) is 87.3. The third-order valence-electron chi connectivity index (χ3n) is 16.4. The van der Waals surface area contributed by atoms with Gasteiger partial charge in [-0.2, -0.15) is 0 Å². The Morgan fingerprint density at radius 1 is 0.419 bits per heavy atom. The van der Waals surface area contributed by atoms with Crippen LogP contribution in [0.25, 0.3) is 0 Å². The average Bonchev–Trinajstić information content (AvgIpc) is 1.80. The SMILES string of the molecule is CCCC(=O)[C@@H](N)CN.CCCC(=O)[C@@H](N)CN.CCCC(=O)[C@H](N)CN.CCCC[C@H](CC(=O)[C@@H](N)CN)C(=O)O.C[C@@H](CC(=O)O)CC(=O)[C@H](N)CN.C[C@H](CC(=O)C(N)CN)C(=O)N1CCC[C@H]1C.C[C@H](CC(=O)[C@H](N)CN)c1ccccc1.NC[C@@H](N)C(=O)C[C@@H](Cc1ccccc1)C(=O)O. The van der Waals surface area contributed by atoms with Gasteiger partial charge < -0.3 is 112 Å². The number of nitrogens with zero attached hydrogens (tertiary/aromatic N) is 1. The smallest absolute Gasteiger partial charge is 0.307 e. The van der Waals surface area contributed by atoms with Crippen molar-refractivity contribution >= 4 is 70.1 Å². The standard InChI is InChI=1S/C13H18N2O3.C12H23N3O2.C12H18N2O.C10H20N2O3.C8H16N2O3.3C6H14N2O/c14-8-11(15)12(16)7-10(13(17)18)6-9-4-2-1-3-5-9;1-8(6-11(16)10(14)7-13)12(17)15-5-3-4-9(15)2;1-9(7-12(15)11(14)8-13)10-5-3-2-4-6-10;1-2-3-4-7(10(14)15)5-9(13)8(12)6-11;1-5(3-8(12)13)2-7(11)6(10)4-9;3*1-2-3-6(9)5(8)4-7/h1-5,10-11H,6-8,14-15H2,(H,17,18);8-10H,3-7,13-14H2,1-2H3;2-6,9,11H,7-8,13-14H2,1H3;7-8H,2-6,11-12H2,1H3,(H,14,15);5-6H,2-4,9-10H2,1H3,(H,12,13);3*5H,2-4,7-8H2,1H3/t10-,11-;8-,9-,10?;9-,11-;7-,8+;5-,6-;3*5-/m11111100/s1. The van der Waals surface area contributed by atoms with Crippen LogP contribution in [0.15, 0.2) is 60.7 Å². The van der Waals surface area contributed by atoms with E-state index in [-0.39, 0.29) is 154 Å². The molecule has 0 aliphatic carbocycles. The molecule has 14 atom stereocenters. The summed E-state index contributed by atoms with van der Waals surface area (Å²) in [6, 6.07) is 14.8. The molecule has 3 rings (SSSR count). The van der Waals surface area contributed by atoms with Crippen molar-refractivity contribution in [2.75, 3.05) is 58.9 Å². The fourth-order valence-corrected chi connectivity index (χ4v) is 9.35. The van der Waals surface area contributed by atoms with Gasteiger partial charge in [-0.15, -0.1) is 0 Å². The number of hydrogen-bond acceptors (Lipinski definition) is 28. The number of hydrogen-bond donors (Lipinski definition) is 19. The van der Waals surface area contributed by atoms with Gasteiger partial charge in [-0.05, 0) is 74.8 Å². The zero-order chi connectivity index (χ0) is 81.9. The molecule has 0 saturated carbocycles. The third-order valence-corrected chi connectivity index (χ3v) is 16.4. The summed E-state index contributed by atoms with van der Waals surface area (Å²) in [5, 5.41) is 26.4. The highest BCUT2D eigenvalue weighted by molar-refractivity contribution is 5.91. The molecule has 1 fully saturated rings. The van der Waals surface area contributed by atoms with Crippen molar-refractivity contribution in [1.82, 2.24) is 4.90 Å². The van der Waals surface area contributed by atoms with Crippen LogP contribution in [0, 0.1) is 23.7 Å². The normalized spacial score (nSPS) is 15.6. The number of unbranched alkanes of at least 4 members (excludes halogenated alkanes) is 1. The van der Waals surface area contributed by atoms with Gasteiger partial charge in [0.05, 0.1) is 60.2 Å². The Labute approximate surface area is 622 Å². The summed E-state index contributed by atoms with van der Waals surface area (Å²) in [4.78, 5) is 136. The maximum absolute atomic E-state index is 12.1. The molecule has 0 spiro atoms. The zero-order valence-corrected chi connectivity index (χ0v) is 63.9. The second-order valence-corrected chi connectivity index (χ2v) is 26.1. The van der Waals surface area contributed by atoms with Crippen molar-refractivity contribution in [2.24, 2.45) is 115 Å². The lowest BCUT2D eigenvalue weighted by Gasteiger charge is -2.25. The van der Waals surface area contributed by atoms with Crippen LogP contribution in [0.2, 0.25) is 0 Å². The lowest BCUT2D eigenvalue weighted by atomic mass is 9.92. The topological polar surface area (TPSA) is 685 Å². The van der Waals surface area contributed by atoms with E-state index >= 15 is 0 Å². The van der Waals surface area contributed by atoms with Gasteiger partial charge in [-0.25, -0.2) is 0 Å². The predicted molar refractivity (Wildman–Crippen MR) is 412 cm³/mol. The number of benzene rings is 2. The molecule has 2 aromatic carbocycles.